The first-order valence-electron chi connectivity index (χ1n) is 5.30. The van der Waals surface area contributed by atoms with Gasteiger partial charge in [0.25, 0.3) is 5.56 Å². The van der Waals surface area contributed by atoms with Gasteiger partial charge in [0.15, 0.2) is 0 Å². The molecule has 14 heavy (non-hydrogen) atoms. The van der Waals surface area contributed by atoms with E-state index in [-0.39, 0.29) is 5.56 Å². The standard InChI is InChI=1S/C11H20N2O/c1-8(2)5-6-13-11(14)10(7-12-13)9(3)4/h7-9,12H,5-6H2,1-4H3. The quantitative estimate of drug-likeness (QED) is 0.788. The van der Waals surface area contributed by atoms with Gasteiger partial charge in [-0.2, -0.15) is 0 Å². The van der Waals surface area contributed by atoms with Gasteiger partial charge in [-0.1, -0.05) is 27.7 Å². The minimum absolute atomic E-state index is 0.139. The number of hydrogen-bond donors (Lipinski definition) is 1. The lowest BCUT2D eigenvalue weighted by atomic mass is 10.1. The van der Waals surface area contributed by atoms with Crippen LogP contribution < -0.4 is 5.56 Å². The molecule has 1 heterocycles. The van der Waals surface area contributed by atoms with E-state index in [0.29, 0.717) is 11.8 Å². The van der Waals surface area contributed by atoms with Crippen molar-refractivity contribution >= 4 is 0 Å². The van der Waals surface area contributed by atoms with Gasteiger partial charge in [0, 0.05) is 18.3 Å². The fourth-order valence-corrected chi connectivity index (χ4v) is 1.39. The molecule has 0 aliphatic rings. The van der Waals surface area contributed by atoms with E-state index in [1.54, 1.807) is 4.68 Å². The van der Waals surface area contributed by atoms with E-state index >= 15 is 0 Å². The van der Waals surface area contributed by atoms with E-state index in [2.05, 4.69) is 18.9 Å². The Morgan fingerprint density at radius 1 is 1.36 bits per heavy atom. The van der Waals surface area contributed by atoms with Crippen LogP contribution in [0.25, 0.3) is 0 Å². The van der Waals surface area contributed by atoms with E-state index in [9.17, 15) is 4.79 Å². The number of H-pyrrole nitrogens is 1. The van der Waals surface area contributed by atoms with Crippen LogP contribution in [0, 0.1) is 5.92 Å². The second-order valence-corrected chi connectivity index (χ2v) is 4.52. The monoisotopic (exact) mass is 196 g/mol. The Labute approximate surface area is 85.1 Å². The number of aromatic nitrogens is 2. The maximum absolute atomic E-state index is 11.8. The Balaban J connectivity index is 2.75. The molecule has 0 bridgehead atoms. The van der Waals surface area contributed by atoms with Crippen molar-refractivity contribution in [1.29, 1.82) is 0 Å². The molecule has 1 N–H and O–H groups in total. The topological polar surface area (TPSA) is 37.8 Å². The number of nitrogens with one attached hydrogen (secondary N) is 1. The molecule has 0 radical (unpaired) electrons. The highest BCUT2D eigenvalue weighted by Gasteiger charge is 2.09. The van der Waals surface area contributed by atoms with Crippen LogP contribution in [0.3, 0.4) is 0 Å². The first kappa shape index (κ1) is 11.1. The summed E-state index contributed by atoms with van der Waals surface area (Å²) < 4.78 is 1.70. The van der Waals surface area contributed by atoms with Crippen LogP contribution in [0.2, 0.25) is 0 Å². The lowest BCUT2D eigenvalue weighted by molar-refractivity contribution is 0.478. The molecule has 0 unspecified atom stereocenters. The molecular formula is C11H20N2O. The molecule has 1 rings (SSSR count). The van der Waals surface area contributed by atoms with Crippen LogP contribution in [-0.4, -0.2) is 9.78 Å². The Morgan fingerprint density at radius 2 is 2.00 bits per heavy atom. The van der Waals surface area contributed by atoms with Crippen molar-refractivity contribution in [2.75, 3.05) is 0 Å². The molecule has 1 aromatic heterocycles. The minimum Gasteiger partial charge on any atom is -0.303 e. The van der Waals surface area contributed by atoms with Crippen LogP contribution in [0.1, 0.15) is 45.6 Å². The minimum atomic E-state index is 0.139. The van der Waals surface area contributed by atoms with Crippen molar-refractivity contribution in [2.45, 2.75) is 46.6 Å². The summed E-state index contributed by atoms with van der Waals surface area (Å²) in [6, 6.07) is 0. The van der Waals surface area contributed by atoms with E-state index < -0.39 is 0 Å². The number of aryl methyl sites for hydroxylation is 1. The van der Waals surface area contributed by atoms with Gasteiger partial charge in [0.05, 0.1) is 0 Å². The molecule has 0 aromatic carbocycles. The second-order valence-electron chi connectivity index (χ2n) is 4.52. The second kappa shape index (κ2) is 4.49. The number of hydrogen-bond acceptors (Lipinski definition) is 1. The van der Waals surface area contributed by atoms with E-state index in [0.717, 1.165) is 18.5 Å². The zero-order valence-electron chi connectivity index (χ0n) is 9.50. The Morgan fingerprint density at radius 3 is 2.43 bits per heavy atom. The molecule has 0 amide bonds. The first-order chi connectivity index (χ1) is 6.52. The van der Waals surface area contributed by atoms with Gasteiger partial charge in [0.2, 0.25) is 0 Å². The third kappa shape index (κ3) is 2.50. The molecular weight excluding hydrogens is 176 g/mol. The van der Waals surface area contributed by atoms with Crippen molar-refractivity contribution in [3.63, 3.8) is 0 Å². The van der Waals surface area contributed by atoms with Crippen molar-refractivity contribution in [3.8, 4) is 0 Å². The predicted molar refractivity (Wildman–Crippen MR) is 58.6 cm³/mol. The molecule has 0 atom stereocenters. The summed E-state index contributed by atoms with van der Waals surface area (Å²) in [7, 11) is 0. The predicted octanol–water partition coefficient (Wildman–Crippen LogP) is 2.35. The number of nitrogens with zero attached hydrogens (tertiary/aromatic N) is 1. The molecule has 0 saturated heterocycles. The Kier molecular flexibility index (Phi) is 3.55. The molecule has 0 fully saturated rings. The van der Waals surface area contributed by atoms with Crippen LogP contribution in [0.5, 0.6) is 0 Å². The molecule has 3 heteroatoms. The lowest BCUT2D eigenvalue weighted by Gasteiger charge is -2.04. The average Bonchev–Trinajstić information content (AvgIpc) is 2.43. The summed E-state index contributed by atoms with van der Waals surface area (Å²) in [6.45, 7) is 9.20. The average molecular weight is 196 g/mol. The smallest absolute Gasteiger partial charge is 0.269 e. The van der Waals surface area contributed by atoms with Gasteiger partial charge in [-0.3, -0.25) is 9.48 Å². The summed E-state index contributed by atoms with van der Waals surface area (Å²) in [6.07, 6.45) is 2.87. The van der Waals surface area contributed by atoms with E-state index in [4.69, 9.17) is 0 Å². The molecule has 0 spiro atoms. The highest BCUT2D eigenvalue weighted by molar-refractivity contribution is 5.09. The third-order valence-electron chi connectivity index (χ3n) is 2.42. The van der Waals surface area contributed by atoms with Gasteiger partial charge in [-0.05, 0) is 18.3 Å². The van der Waals surface area contributed by atoms with Crippen LogP contribution in [-0.2, 0) is 6.54 Å². The fraction of sp³-hybridized carbons (Fsp3) is 0.727. The van der Waals surface area contributed by atoms with Gasteiger partial charge < -0.3 is 5.10 Å². The molecule has 0 saturated carbocycles. The Hall–Kier alpha value is -0.990. The summed E-state index contributed by atoms with van der Waals surface area (Å²) >= 11 is 0. The summed E-state index contributed by atoms with van der Waals surface area (Å²) in [5.41, 5.74) is 1.02. The van der Waals surface area contributed by atoms with Gasteiger partial charge in [-0.25, -0.2) is 0 Å². The number of rotatable bonds is 4. The highest BCUT2D eigenvalue weighted by atomic mass is 16.1. The molecule has 1 aromatic rings. The normalized spacial score (nSPS) is 11.6. The summed E-state index contributed by atoms with van der Waals surface area (Å²) in [4.78, 5) is 11.8. The third-order valence-corrected chi connectivity index (χ3v) is 2.42. The van der Waals surface area contributed by atoms with Crippen molar-refractivity contribution in [3.05, 3.63) is 22.1 Å². The molecule has 0 aliphatic carbocycles. The highest BCUT2D eigenvalue weighted by Crippen LogP contribution is 2.08. The van der Waals surface area contributed by atoms with Crippen LogP contribution in [0.15, 0.2) is 11.0 Å². The zero-order chi connectivity index (χ0) is 10.7. The maximum Gasteiger partial charge on any atom is 0.269 e. The first-order valence-corrected chi connectivity index (χ1v) is 5.30. The van der Waals surface area contributed by atoms with E-state index in [1.165, 1.54) is 0 Å². The molecule has 80 valence electrons. The maximum atomic E-state index is 11.8. The van der Waals surface area contributed by atoms with Gasteiger partial charge >= 0.3 is 0 Å². The van der Waals surface area contributed by atoms with Crippen molar-refractivity contribution < 1.29 is 0 Å². The van der Waals surface area contributed by atoms with Gasteiger partial charge in [0.1, 0.15) is 0 Å². The fourth-order valence-electron chi connectivity index (χ4n) is 1.39. The largest absolute Gasteiger partial charge is 0.303 e. The Bertz CT molecular complexity index is 333. The lowest BCUT2D eigenvalue weighted by Crippen LogP contribution is -2.20. The SMILES string of the molecule is CC(C)CCn1[nH]cc(C(C)C)c1=O. The van der Waals surface area contributed by atoms with Crippen molar-refractivity contribution in [1.82, 2.24) is 9.78 Å². The summed E-state index contributed by atoms with van der Waals surface area (Å²) in [5, 5.41) is 3.01. The van der Waals surface area contributed by atoms with Crippen molar-refractivity contribution in [2.24, 2.45) is 5.92 Å². The molecule has 0 aliphatic heterocycles. The van der Waals surface area contributed by atoms with Crippen LogP contribution in [0.4, 0.5) is 0 Å². The van der Waals surface area contributed by atoms with E-state index in [1.807, 2.05) is 20.0 Å². The van der Waals surface area contributed by atoms with Gasteiger partial charge in [-0.15, -0.1) is 0 Å². The molecule has 3 nitrogen and oxygen atoms in total. The number of aromatic amines is 1. The van der Waals surface area contributed by atoms with Crippen LogP contribution >= 0.6 is 0 Å². The zero-order valence-corrected chi connectivity index (χ0v) is 9.50. The summed E-state index contributed by atoms with van der Waals surface area (Å²) in [5.74, 6) is 0.937.